The highest BCUT2D eigenvalue weighted by Gasteiger charge is 2.45. The maximum absolute atomic E-state index is 12.5. The molecule has 3 aliphatic rings. The molecule has 1 atom stereocenters. The molecule has 19 nitrogen and oxygen atoms in total. The van der Waals surface area contributed by atoms with Gasteiger partial charge in [-0.1, -0.05) is 36.1 Å². The number of hydrogen-bond donors (Lipinski definition) is 4. The maximum Gasteiger partial charge on any atom is 0.333 e. The zero-order chi connectivity index (χ0) is 47.8. The minimum absolute atomic E-state index is 0.0117. The Kier molecular flexibility index (Phi) is 17.1. The number of carbonyl (C=O) groups is 3. The number of unbranched alkanes of at least 4 members (excludes halogenated alkanes) is 4. The lowest BCUT2D eigenvalue weighted by atomic mass is 9.77. The fourth-order valence-corrected chi connectivity index (χ4v) is 10.4. The van der Waals surface area contributed by atoms with E-state index in [0.717, 1.165) is 34.7 Å². The summed E-state index contributed by atoms with van der Waals surface area (Å²) in [6.07, 6.45) is 12.5. The summed E-state index contributed by atoms with van der Waals surface area (Å²) in [6, 6.07) is 9.83. The number of nitrogens with zero attached hydrogens (tertiary/aromatic N) is 3. The monoisotopic (exact) mass is 984 g/mol. The predicted octanol–water partition coefficient (Wildman–Crippen LogP) is 6.41. The van der Waals surface area contributed by atoms with E-state index in [1.165, 1.54) is 12.1 Å². The fraction of sp³-hybridized carbons (Fsp3) is 0.476. The first-order chi connectivity index (χ1) is 30.5. The van der Waals surface area contributed by atoms with Crippen molar-refractivity contribution in [2.24, 2.45) is 0 Å². The van der Waals surface area contributed by atoms with Crippen molar-refractivity contribution in [1.82, 2.24) is 5.06 Å². The van der Waals surface area contributed by atoms with Crippen LogP contribution < -0.4 is 4.90 Å². The number of hydroxylamine groups is 2. The molecule has 0 aromatic heterocycles. The molecule has 0 bridgehead atoms. The van der Waals surface area contributed by atoms with Crippen LogP contribution >= 0.6 is 12.0 Å². The number of fused-ring (bicyclic) bond motifs is 2. The Balaban J connectivity index is 1.45. The van der Waals surface area contributed by atoms with Gasteiger partial charge in [0.25, 0.3) is 42.2 Å². The van der Waals surface area contributed by atoms with Crippen LogP contribution in [0.3, 0.4) is 0 Å². The van der Waals surface area contributed by atoms with Gasteiger partial charge in [0.15, 0.2) is 5.71 Å². The van der Waals surface area contributed by atoms with E-state index in [9.17, 15) is 53.3 Å². The Morgan fingerprint density at radius 3 is 2.14 bits per heavy atom. The summed E-state index contributed by atoms with van der Waals surface area (Å²) in [4.78, 5) is 43.7. The smallest absolute Gasteiger partial charge is 0.333 e. The summed E-state index contributed by atoms with van der Waals surface area (Å²) in [5.74, 6) is -2.66. The van der Waals surface area contributed by atoms with E-state index in [1.807, 2.05) is 55.7 Å². The van der Waals surface area contributed by atoms with Crippen molar-refractivity contribution in [2.45, 2.75) is 112 Å². The standard InChI is InChI=1S/C42H53N3O16S4/c1-41(2)32-29-31(65(56,57)58)18-20-34(32)43(24-10-12-26-63(50,51)52)36(41)14-6-4-7-15-37-42(3,23-9-5-8-16-40(48)59-45-38(46)21-22-39(45)47)33-28-30(62-61-60-49)17-19-35(33)44(37)25-11-13-27-64(53,54)55/h4,6-7,14-15,17-20,28-29H,5,8-13,16,21-27H2,1-3H3,(H3-,49,50,51,52,53,54,55,56,57,58)/p+1. The Labute approximate surface area is 383 Å². The Morgan fingerprint density at radius 2 is 1.49 bits per heavy atom. The van der Waals surface area contributed by atoms with Crippen molar-refractivity contribution in [2.75, 3.05) is 29.5 Å². The summed E-state index contributed by atoms with van der Waals surface area (Å²) < 4.78 is 105. The first-order valence-corrected chi connectivity index (χ1v) is 26.2. The van der Waals surface area contributed by atoms with Gasteiger partial charge in [-0.15, -0.1) is 9.40 Å². The molecule has 0 radical (unpaired) electrons. The molecule has 2 amide bonds. The average molecular weight is 985 g/mol. The number of hydrogen-bond acceptors (Lipinski definition) is 15. The van der Waals surface area contributed by atoms with Crippen LogP contribution in [0.25, 0.3) is 0 Å². The molecule has 23 heteroatoms. The van der Waals surface area contributed by atoms with Gasteiger partial charge in [0.2, 0.25) is 5.69 Å². The average Bonchev–Trinajstić information content (AvgIpc) is 3.74. The van der Waals surface area contributed by atoms with Crippen molar-refractivity contribution >= 4 is 77.3 Å². The number of allylic oxidation sites excluding steroid dienone is 6. The Hall–Kier alpha value is -4.30. The largest absolute Gasteiger partial charge is 0.344 e. The highest BCUT2D eigenvalue weighted by molar-refractivity contribution is 7.94. The normalized spacial score (nSPS) is 19.4. The quantitative estimate of drug-likeness (QED) is 0.0129. The van der Waals surface area contributed by atoms with Crippen LogP contribution in [-0.4, -0.2) is 102 Å². The van der Waals surface area contributed by atoms with Crippen LogP contribution in [0.15, 0.2) is 82.3 Å². The molecule has 1 fully saturated rings. The van der Waals surface area contributed by atoms with Crippen LogP contribution in [0.4, 0.5) is 11.4 Å². The lowest BCUT2D eigenvalue weighted by Crippen LogP contribution is -2.32. The zero-order valence-electron chi connectivity index (χ0n) is 36.1. The molecule has 1 saturated heterocycles. The van der Waals surface area contributed by atoms with Gasteiger partial charge in [-0.05, 0) is 94.8 Å². The number of benzene rings is 2. The number of carbonyl (C=O) groups excluding carboxylic acids is 3. The summed E-state index contributed by atoms with van der Waals surface area (Å²) in [7, 11) is -12.9. The van der Waals surface area contributed by atoms with Crippen LogP contribution in [0, 0.1) is 0 Å². The van der Waals surface area contributed by atoms with Gasteiger partial charge in [0.1, 0.15) is 6.54 Å². The van der Waals surface area contributed by atoms with E-state index in [1.54, 1.807) is 24.3 Å². The van der Waals surface area contributed by atoms with E-state index >= 15 is 0 Å². The maximum atomic E-state index is 12.5. The van der Waals surface area contributed by atoms with Crippen LogP contribution in [0.1, 0.15) is 103 Å². The molecule has 0 aliphatic carbocycles. The third-order valence-corrected chi connectivity index (χ3v) is 14.6. The van der Waals surface area contributed by atoms with E-state index in [-0.39, 0.29) is 37.0 Å². The number of imide groups is 1. The van der Waals surface area contributed by atoms with Crippen molar-refractivity contribution in [3.63, 3.8) is 0 Å². The second-order valence-electron chi connectivity index (χ2n) is 16.6. The second-order valence-corrected chi connectivity index (χ2v) is 21.9. The van der Waals surface area contributed by atoms with Crippen molar-refractivity contribution in [3.8, 4) is 0 Å². The fourth-order valence-electron chi connectivity index (χ4n) is 8.39. The van der Waals surface area contributed by atoms with Gasteiger partial charge in [0, 0.05) is 71.6 Å². The number of rotatable bonds is 24. The van der Waals surface area contributed by atoms with Crippen LogP contribution in [0.5, 0.6) is 0 Å². The molecule has 3 aliphatic heterocycles. The van der Waals surface area contributed by atoms with E-state index < -0.39 is 70.5 Å². The molecule has 1 unspecified atom stereocenters. The van der Waals surface area contributed by atoms with E-state index in [0.29, 0.717) is 72.8 Å². The van der Waals surface area contributed by atoms with Crippen LogP contribution in [-0.2, 0) is 69.8 Å². The summed E-state index contributed by atoms with van der Waals surface area (Å²) >= 11 is 0.786. The molecule has 5 rings (SSSR count). The molecule has 0 spiro atoms. The van der Waals surface area contributed by atoms with Gasteiger partial charge in [-0.2, -0.15) is 29.8 Å². The van der Waals surface area contributed by atoms with E-state index in [4.69, 9.17) is 14.4 Å². The summed E-state index contributed by atoms with van der Waals surface area (Å²) in [5, 5.41) is 13.2. The topological polar surface area (TPSA) is 272 Å². The zero-order valence-corrected chi connectivity index (χ0v) is 39.4. The molecular formula is C42H54N3O16S4+. The number of anilines is 1. The minimum Gasteiger partial charge on any atom is -0.344 e. The molecule has 4 N–H and O–H groups in total. The van der Waals surface area contributed by atoms with Crippen molar-refractivity contribution < 1.29 is 77.3 Å². The van der Waals surface area contributed by atoms with Crippen LogP contribution in [0.2, 0.25) is 0 Å². The molecular weight excluding hydrogens is 931 g/mol. The minimum atomic E-state index is -4.52. The van der Waals surface area contributed by atoms with Gasteiger partial charge in [-0.3, -0.25) is 23.2 Å². The highest BCUT2D eigenvalue weighted by Crippen LogP contribution is 2.52. The second kappa shape index (κ2) is 21.6. The molecule has 0 saturated carbocycles. The molecule has 3 heterocycles. The van der Waals surface area contributed by atoms with Crippen molar-refractivity contribution in [1.29, 1.82) is 0 Å². The third-order valence-electron chi connectivity index (χ3n) is 11.6. The molecule has 356 valence electrons. The summed E-state index contributed by atoms with van der Waals surface area (Å²) in [5.41, 5.74) is 3.14. The third kappa shape index (κ3) is 13.4. The molecule has 2 aromatic carbocycles. The molecule has 2 aromatic rings. The predicted molar refractivity (Wildman–Crippen MR) is 239 cm³/mol. The lowest BCUT2D eigenvalue weighted by Gasteiger charge is -2.30. The van der Waals surface area contributed by atoms with Gasteiger partial charge >= 0.3 is 5.97 Å². The van der Waals surface area contributed by atoms with E-state index in [2.05, 4.69) is 9.94 Å². The van der Waals surface area contributed by atoms with Crippen molar-refractivity contribution in [3.05, 3.63) is 83.6 Å². The summed E-state index contributed by atoms with van der Waals surface area (Å²) in [6.45, 7) is 6.55. The lowest BCUT2D eigenvalue weighted by molar-refractivity contribution is -0.438. The number of amides is 2. The van der Waals surface area contributed by atoms with Gasteiger partial charge in [0.05, 0.1) is 33.9 Å². The Bertz CT molecular complexity index is 2590. The Morgan fingerprint density at radius 1 is 0.815 bits per heavy atom. The highest BCUT2D eigenvalue weighted by atomic mass is 32.2. The molecule has 65 heavy (non-hydrogen) atoms. The first kappa shape index (κ1) is 51.7. The van der Waals surface area contributed by atoms with Gasteiger partial charge in [-0.25, -0.2) is 10.1 Å². The first-order valence-electron chi connectivity index (χ1n) is 20.8. The van der Waals surface area contributed by atoms with Gasteiger partial charge < -0.3 is 9.74 Å². The SMILES string of the molecule is CC1(C)C(C=CC=CC=C2N(CCCCS(=O)(=O)O)c3ccc(SOOO)cc3C2(C)CCCCCC(=O)ON2C(=O)CCC2=O)=[N+](CCCCS(=O)(=O)O)c2ccc(S(=O)(=O)O)cc21.